The molecule has 1 aliphatic heterocycles. The van der Waals surface area contributed by atoms with Crippen molar-refractivity contribution in [3.63, 3.8) is 0 Å². The Morgan fingerprint density at radius 3 is 2.56 bits per heavy atom. The van der Waals surface area contributed by atoms with Gasteiger partial charge in [-0.3, -0.25) is 0 Å². The van der Waals surface area contributed by atoms with Crippen molar-refractivity contribution < 1.29 is 13.5 Å². The number of nitrogens with one attached hydrogen (secondary N) is 1. The van der Waals surface area contributed by atoms with E-state index in [0.29, 0.717) is 5.75 Å². The summed E-state index contributed by atoms with van der Waals surface area (Å²) in [6, 6.07) is 6.99. The normalized spacial score (nSPS) is 24.6. The molecule has 0 radical (unpaired) electrons. The SMILES string of the molecule is CNC(c1ccc(O)cc1)C1CCCS(=O)(=O)C1. The molecule has 1 saturated heterocycles. The molecule has 1 aliphatic rings. The smallest absolute Gasteiger partial charge is 0.150 e. The first-order valence-corrected chi connectivity index (χ1v) is 8.00. The van der Waals surface area contributed by atoms with Crippen molar-refractivity contribution in [1.29, 1.82) is 0 Å². The summed E-state index contributed by atoms with van der Waals surface area (Å²) in [5.41, 5.74) is 1.03. The second-order valence-electron chi connectivity index (χ2n) is 4.87. The van der Waals surface area contributed by atoms with E-state index < -0.39 is 9.84 Å². The molecule has 2 N–H and O–H groups in total. The zero-order chi connectivity index (χ0) is 13.2. The van der Waals surface area contributed by atoms with Crippen LogP contribution in [-0.2, 0) is 9.84 Å². The molecule has 100 valence electrons. The van der Waals surface area contributed by atoms with Crippen LogP contribution in [0.25, 0.3) is 0 Å². The summed E-state index contributed by atoms with van der Waals surface area (Å²) < 4.78 is 23.4. The van der Waals surface area contributed by atoms with Crippen molar-refractivity contribution in [2.45, 2.75) is 18.9 Å². The molecule has 1 aromatic rings. The van der Waals surface area contributed by atoms with Crippen LogP contribution in [-0.4, -0.2) is 32.1 Å². The van der Waals surface area contributed by atoms with Crippen molar-refractivity contribution in [2.75, 3.05) is 18.6 Å². The van der Waals surface area contributed by atoms with E-state index in [1.54, 1.807) is 12.1 Å². The van der Waals surface area contributed by atoms with Gasteiger partial charge >= 0.3 is 0 Å². The monoisotopic (exact) mass is 269 g/mol. The Balaban J connectivity index is 2.20. The lowest BCUT2D eigenvalue weighted by Crippen LogP contribution is -2.34. The van der Waals surface area contributed by atoms with Gasteiger partial charge in [-0.05, 0) is 43.5 Å². The molecular weight excluding hydrogens is 250 g/mol. The Hall–Kier alpha value is -1.07. The summed E-state index contributed by atoms with van der Waals surface area (Å²) in [6.45, 7) is 0. The summed E-state index contributed by atoms with van der Waals surface area (Å²) in [4.78, 5) is 0. The van der Waals surface area contributed by atoms with Gasteiger partial charge in [-0.15, -0.1) is 0 Å². The van der Waals surface area contributed by atoms with E-state index in [9.17, 15) is 13.5 Å². The van der Waals surface area contributed by atoms with Crippen molar-refractivity contribution in [3.8, 4) is 5.75 Å². The van der Waals surface area contributed by atoms with Gasteiger partial charge in [0, 0.05) is 6.04 Å². The molecule has 1 heterocycles. The second-order valence-corrected chi connectivity index (χ2v) is 7.10. The second kappa shape index (κ2) is 5.28. The molecule has 0 bridgehead atoms. The first-order chi connectivity index (χ1) is 8.52. The predicted octanol–water partition coefficient (Wildman–Crippen LogP) is 1.48. The standard InChI is InChI=1S/C13H19NO3S/c1-14-13(10-4-6-12(15)7-5-10)11-3-2-8-18(16,17)9-11/h4-7,11,13-15H,2-3,8-9H2,1H3. The summed E-state index contributed by atoms with van der Waals surface area (Å²) in [5.74, 6) is 0.901. The zero-order valence-corrected chi connectivity index (χ0v) is 11.3. The Bertz CT molecular complexity index is 495. The van der Waals surface area contributed by atoms with Crippen LogP contribution in [0.15, 0.2) is 24.3 Å². The minimum Gasteiger partial charge on any atom is -0.508 e. The van der Waals surface area contributed by atoms with Crippen molar-refractivity contribution in [1.82, 2.24) is 5.32 Å². The molecule has 0 amide bonds. The molecule has 18 heavy (non-hydrogen) atoms. The van der Waals surface area contributed by atoms with Crippen LogP contribution < -0.4 is 5.32 Å². The van der Waals surface area contributed by atoms with Crippen LogP contribution in [0.5, 0.6) is 5.75 Å². The lowest BCUT2D eigenvalue weighted by atomic mass is 9.90. The van der Waals surface area contributed by atoms with Gasteiger partial charge in [0.1, 0.15) is 5.75 Å². The minimum atomic E-state index is -2.89. The largest absolute Gasteiger partial charge is 0.508 e. The Labute approximate surface area is 108 Å². The van der Waals surface area contributed by atoms with Gasteiger partial charge in [-0.2, -0.15) is 0 Å². The van der Waals surface area contributed by atoms with Gasteiger partial charge in [0.15, 0.2) is 9.84 Å². The third-order valence-electron chi connectivity index (χ3n) is 3.53. The number of aromatic hydroxyl groups is 1. The topological polar surface area (TPSA) is 66.4 Å². The molecule has 5 heteroatoms. The van der Waals surface area contributed by atoms with Crippen LogP contribution in [0.1, 0.15) is 24.4 Å². The highest BCUT2D eigenvalue weighted by atomic mass is 32.2. The fraction of sp³-hybridized carbons (Fsp3) is 0.538. The summed E-state index contributed by atoms with van der Waals surface area (Å²) >= 11 is 0. The quantitative estimate of drug-likeness (QED) is 0.872. The maximum absolute atomic E-state index is 11.7. The highest BCUT2D eigenvalue weighted by molar-refractivity contribution is 7.91. The molecule has 2 rings (SSSR count). The molecule has 0 aromatic heterocycles. The lowest BCUT2D eigenvalue weighted by Gasteiger charge is -2.30. The molecule has 1 aromatic carbocycles. The molecule has 2 unspecified atom stereocenters. The molecular formula is C13H19NO3S. The van der Waals surface area contributed by atoms with E-state index in [2.05, 4.69) is 5.32 Å². The van der Waals surface area contributed by atoms with E-state index in [1.807, 2.05) is 19.2 Å². The average molecular weight is 269 g/mol. The number of benzene rings is 1. The van der Waals surface area contributed by atoms with Gasteiger partial charge in [0.05, 0.1) is 11.5 Å². The van der Waals surface area contributed by atoms with Gasteiger partial charge in [-0.1, -0.05) is 12.1 Å². The van der Waals surface area contributed by atoms with E-state index in [0.717, 1.165) is 18.4 Å². The number of sulfone groups is 1. The maximum atomic E-state index is 11.7. The number of hydrogen-bond donors (Lipinski definition) is 2. The van der Waals surface area contributed by atoms with Crippen LogP contribution in [0.4, 0.5) is 0 Å². The Kier molecular flexibility index (Phi) is 3.92. The van der Waals surface area contributed by atoms with Crippen LogP contribution in [0.3, 0.4) is 0 Å². The number of phenolic OH excluding ortho intramolecular Hbond substituents is 1. The molecule has 0 saturated carbocycles. The van der Waals surface area contributed by atoms with Crippen LogP contribution >= 0.6 is 0 Å². The van der Waals surface area contributed by atoms with Crippen LogP contribution in [0, 0.1) is 5.92 Å². The highest BCUT2D eigenvalue weighted by Gasteiger charge is 2.30. The first kappa shape index (κ1) is 13.4. The Morgan fingerprint density at radius 1 is 1.33 bits per heavy atom. The van der Waals surface area contributed by atoms with Crippen molar-refractivity contribution in [2.24, 2.45) is 5.92 Å². The van der Waals surface area contributed by atoms with Gasteiger partial charge < -0.3 is 10.4 Å². The molecule has 0 aliphatic carbocycles. The summed E-state index contributed by atoms with van der Waals surface area (Å²) in [7, 11) is -1.05. The van der Waals surface area contributed by atoms with Gasteiger partial charge in [0.2, 0.25) is 0 Å². The third-order valence-corrected chi connectivity index (χ3v) is 5.38. The molecule has 1 fully saturated rings. The van der Waals surface area contributed by atoms with E-state index >= 15 is 0 Å². The first-order valence-electron chi connectivity index (χ1n) is 6.18. The predicted molar refractivity (Wildman–Crippen MR) is 71.3 cm³/mol. The van der Waals surface area contributed by atoms with E-state index in [4.69, 9.17) is 0 Å². The number of phenols is 1. The fourth-order valence-corrected chi connectivity index (χ4v) is 4.46. The fourth-order valence-electron chi connectivity index (χ4n) is 2.68. The summed E-state index contributed by atoms with van der Waals surface area (Å²) in [6.07, 6.45) is 1.66. The Morgan fingerprint density at radius 2 is 2.00 bits per heavy atom. The minimum absolute atomic E-state index is 0.0284. The average Bonchev–Trinajstić information content (AvgIpc) is 2.31. The van der Waals surface area contributed by atoms with Crippen molar-refractivity contribution >= 4 is 9.84 Å². The van der Waals surface area contributed by atoms with Gasteiger partial charge in [-0.25, -0.2) is 8.42 Å². The van der Waals surface area contributed by atoms with Crippen molar-refractivity contribution in [3.05, 3.63) is 29.8 Å². The lowest BCUT2D eigenvalue weighted by molar-refractivity contribution is 0.372. The summed E-state index contributed by atoms with van der Waals surface area (Å²) in [5, 5.41) is 12.5. The molecule has 2 atom stereocenters. The number of rotatable bonds is 3. The maximum Gasteiger partial charge on any atom is 0.150 e. The van der Waals surface area contributed by atoms with E-state index in [-0.39, 0.29) is 23.5 Å². The number of hydrogen-bond acceptors (Lipinski definition) is 4. The van der Waals surface area contributed by atoms with Crippen LogP contribution in [0.2, 0.25) is 0 Å². The highest BCUT2D eigenvalue weighted by Crippen LogP contribution is 2.31. The zero-order valence-electron chi connectivity index (χ0n) is 10.5. The van der Waals surface area contributed by atoms with Gasteiger partial charge in [0.25, 0.3) is 0 Å². The molecule has 4 nitrogen and oxygen atoms in total. The third kappa shape index (κ3) is 3.03. The van der Waals surface area contributed by atoms with E-state index in [1.165, 1.54) is 0 Å². The molecule has 0 spiro atoms.